The molecule has 0 saturated carbocycles. The first-order chi connectivity index (χ1) is 16.2. The van der Waals surface area contributed by atoms with Gasteiger partial charge in [-0.15, -0.1) is 0 Å². The van der Waals surface area contributed by atoms with Gasteiger partial charge in [0.1, 0.15) is 12.7 Å². The van der Waals surface area contributed by atoms with E-state index in [1.54, 1.807) is 0 Å². The van der Waals surface area contributed by atoms with Crippen LogP contribution >= 0.6 is 79.6 Å². The molecule has 1 heterocycles. The number of rotatable bonds is 7. The second kappa shape index (κ2) is 13.2. The topological polar surface area (TPSA) is 124 Å². The Kier molecular flexibility index (Phi) is 11.5. The van der Waals surface area contributed by atoms with Gasteiger partial charge in [-0.2, -0.15) is 0 Å². The summed E-state index contributed by atoms with van der Waals surface area (Å²) in [6, 6.07) is 0. The SMILES string of the molecule is CC(=O)OC[C@H]1O[C@H](Oc2c(Br)c(Br)c(Br)c(Br)c2Br)[C@H](OC(C)=O)[C@@H](OC(C)=O)[C@H]1OC(C)=O. The van der Waals surface area contributed by atoms with Crippen LogP contribution in [0.2, 0.25) is 0 Å². The van der Waals surface area contributed by atoms with E-state index < -0.39 is 54.6 Å². The molecule has 0 radical (unpaired) electrons. The molecule has 0 N–H and O–H groups in total. The Labute approximate surface area is 242 Å². The Morgan fingerprint density at radius 3 is 1.54 bits per heavy atom. The monoisotopic (exact) mass is 814 g/mol. The lowest BCUT2D eigenvalue weighted by atomic mass is 9.98. The summed E-state index contributed by atoms with van der Waals surface area (Å²) in [5.74, 6) is -2.60. The van der Waals surface area contributed by atoms with E-state index >= 15 is 0 Å². The predicted octanol–water partition coefficient (Wildman–Crippen LogP) is 4.96. The van der Waals surface area contributed by atoms with E-state index in [9.17, 15) is 19.2 Å². The summed E-state index contributed by atoms with van der Waals surface area (Å²) in [4.78, 5) is 47.2. The highest BCUT2D eigenvalue weighted by atomic mass is 79.9. The van der Waals surface area contributed by atoms with Gasteiger partial charge in [-0.1, -0.05) is 0 Å². The molecule has 10 nitrogen and oxygen atoms in total. The van der Waals surface area contributed by atoms with Gasteiger partial charge in [-0.05, 0) is 79.6 Å². The van der Waals surface area contributed by atoms with Crippen LogP contribution in [0.3, 0.4) is 0 Å². The highest BCUT2D eigenvalue weighted by Crippen LogP contribution is 2.49. The maximum atomic E-state index is 12.0. The molecule has 0 amide bonds. The Balaban J connectivity index is 2.60. The number of ether oxygens (including phenoxy) is 6. The van der Waals surface area contributed by atoms with Gasteiger partial charge in [0.25, 0.3) is 0 Å². The Morgan fingerprint density at radius 1 is 0.657 bits per heavy atom. The van der Waals surface area contributed by atoms with Crippen LogP contribution in [-0.4, -0.2) is 61.2 Å². The van der Waals surface area contributed by atoms with Gasteiger partial charge in [0.05, 0.1) is 17.9 Å². The van der Waals surface area contributed by atoms with Crippen molar-refractivity contribution in [3.8, 4) is 5.75 Å². The second-order valence-electron chi connectivity index (χ2n) is 7.08. The van der Waals surface area contributed by atoms with Crippen molar-refractivity contribution in [2.24, 2.45) is 0 Å². The van der Waals surface area contributed by atoms with Crippen LogP contribution in [0.5, 0.6) is 5.75 Å². The van der Waals surface area contributed by atoms with Crippen molar-refractivity contribution in [3.05, 3.63) is 22.4 Å². The molecule has 1 aliphatic heterocycles. The molecule has 1 aromatic carbocycles. The minimum atomic E-state index is -1.39. The first-order valence-corrected chi connectivity index (χ1v) is 13.7. The van der Waals surface area contributed by atoms with Crippen molar-refractivity contribution in [2.45, 2.75) is 58.4 Å². The molecular weight excluding hydrogens is 800 g/mol. The number of hydrogen-bond acceptors (Lipinski definition) is 10. The summed E-state index contributed by atoms with van der Waals surface area (Å²) in [5, 5.41) is 0. The average molecular weight is 819 g/mol. The Morgan fingerprint density at radius 2 is 1.09 bits per heavy atom. The number of carbonyl (C=O) groups excluding carboxylic acids is 4. The smallest absolute Gasteiger partial charge is 0.303 e. The third kappa shape index (κ3) is 7.87. The predicted molar refractivity (Wildman–Crippen MR) is 138 cm³/mol. The van der Waals surface area contributed by atoms with Crippen LogP contribution in [0.25, 0.3) is 0 Å². The average Bonchev–Trinajstić information content (AvgIpc) is 2.75. The Hall–Kier alpha value is -0.740. The van der Waals surface area contributed by atoms with Gasteiger partial charge < -0.3 is 28.4 Å². The van der Waals surface area contributed by atoms with Crippen LogP contribution in [-0.2, 0) is 42.9 Å². The van der Waals surface area contributed by atoms with Crippen molar-refractivity contribution < 1.29 is 47.6 Å². The molecule has 35 heavy (non-hydrogen) atoms. The van der Waals surface area contributed by atoms with E-state index in [0.717, 1.165) is 20.8 Å². The highest BCUT2D eigenvalue weighted by Gasteiger charge is 2.53. The fraction of sp³-hybridized carbons (Fsp3) is 0.500. The van der Waals surface area contributed by atoms with Gasteiger partial charge in [0, 0.05) is 32.2 Å². The minimum absolute atomic E-state index is 0.229. The molecule has 15 heteroatoms. The van der Waals surface area contributed by atoms with Crippen LogP contribution in [0.4, 0.5) is 0 Å². The number of benzene rings is 1. The number of esters is 4. The molecule has 1 aliphatic rings. The molecule has 2 rings (SSSR count). The fourth-order valence-corrected chi connectivity index (χ4v) is 6.29. The maximum absolute atomic E-state index is 12.0. The zero-order chi connectivity index (χ0) is 26.6. The van der Waals surface area contributed by atoms with Gasteiger partial charge in [-0.3, -0.25) is 19.2 Å². The largest absolute Gasteiger partial charge is 0.463 e. The van der Waals surface area contributed by atoms with Gasteiger partial charge in [0.2, 0.25) is 12.4 Å². The third-order valence-corrected chi connectivity index (χ3v) is 10.4. The van der Waals surface area contributed by atoms with Gasteiger partial charge in [0.15, 0.2) is 18.0 Å². The van der Waals surface area contributed by atoms with E-state index in [1.807, 2.05) is 0 Å². The summed E-state index contributed by atoms with van der Waals surface area (Å²) < 4.78 is 36.1. The van der Waals surface area contributed by atoms with Crippen molar-refractivity contribution in [1.29, 1.82) is 0 Å². The van der Waals surface area contributed by atoms with E-state index in [4.69, 9.17) is 28.4 Å². The summed E-state index contributed by atoms with van der Waals surface area (Å²) in [7, 11) is 0. The van der Waals surface area contributed by atoms with Gasteiger partial charge >= 0.3 is 23.9 Å². The third-order valence-electron chi connectivity index (χ3n) is 4.35. The zero-order valence-corrected chi connectivity index (χ0v) is 26.5. The summed E-state index contributed by atoms with van der Waals surface area (Å²) >= 11 is 17.2. The zero-order valence-electron chi connectivity index (χ0n) is 18.6. The molecular formula is C20H19Br5O10. The maximum Gasteiger partial charge on any atom is 0.303 e. The van der Waals surface area contributed by atoms with Crippen LogP contribution in [0, 0.1) is 0 Å². The Bertz CT molecular complexity index is 987. The van der Waals surface area contributed by atoms with E-state index in [2.05, 4.69) is 79.6 Å². The summed E-state index contributed by atoms with van der Waals surface area (Å²) in [5.41, 5.74) is 0. The van der Waals surface area contributed by atoms with Crippen LogP contribution in [0.1, 0.15) is 27.7 Å². The van der Waals surface area contributed by atoms with E-state index in [0.29, 0.717) is 22.4 Å². The number of halogens is 5. The molecule has 194 valence electrons. The molecule has 0 aliphatic carbocycles. The minimum Gasteiger partial charge on any atom is -0.463 e. The highest BCUT2D eigenvalue weighted by molar-refractivity contribution is 9.15. The fourth-order valence-electron chi connectivity index (χ4n) is 3.09. The quantitative estimate of drug-likeness (QED) is 0.162. The van der Waals surface area contributed by atoms with Crippen LogP contribution in [0.15, 0.2) is 22.4 Å². The van der Waals surface area contributed by atoms with Crippen molar-refractivity contribution in [1.82, 2.24) is 0 Å². The lowest BCUT2D eigenvalue weighted by molar-refractivity contribution is -0.288. The molecule has 0 aromatic heterocycles. The van der Waals surface area contributed by atoms with Crippen molar-refractivity contribution >= 4 is 104 Å². The molecule has 0 spiro atoms. The first-order valence-electron chi connectivity index (χ1n) is 9.73. The number of hydrogen-bond donors (Lipinski definition) is 0. The molecule has 0 unspecified atom stereocenters. The molecule has 0 bridgehead atoms. The lowest BCUT2D eigenvalue weighted by Gasteiger charge is -2.44. The van der Waals surface area contributed by atoms with E-state index in [1.165, 1.54) is 6.92 Å². The van der Waals surface area contributed by atoms with E-state index in [-0.39, 0.29) is 12.4 Å². The molecule has 1 aromatic rings. The summed E-state index contributed by atoms with van der Waals surface area (Å²) in [6.45, 7) is 4.24. The lowest BCUT2D eigenvalue weighted by Crippen LogP contribution is -2.63. The molecule has 1 saturated heterocycles. The van der Waals surface area contributed by atoms with Gasteiger partial charge in [-0.25, -0.2) is 0 Å². The molecule has 5 atom stereocenters. The molecule has 1 fully saturated rings. The van der Waals surface area contributed by atoms with Crippen LogP contribution < -0.4 is 4.74 Å². The van der Waals surface area contributed by atoms with Crippen molar-refractivity contribution in [3.63, 3.8) is 0 Å². The normalized spacial score (nSPS) is 23.7. The summed E-state index contributed by atoms with van der Waals surface area (Å²) in [6.07, 6.45) is -6.52. The standard InChI is InChI=1S/C20H19Br5O10/c1-6(26)30-5-10-16(31-7(2)27)18(32-8(3)28)19(33-9(4)29)20(34-10)35-17-14(24)12(22)11(21)13(23)15(17)25/h10,16,18-20H,5H2,1-4H3/t10-,16+,18+,19-,20-/m1/s1. The first kappa shape index (κ1) is 30.5. The van der Waals surface area contributed by atoms with Crippen molar-refractivity contribution in [2.75, 3.05) is 6.61 Å². The second-order valence-corrected chi connectivity index (χ2v) is 11.0. The number of carbonyl (C=O) groups is 4.